The van der Waals surface area contributed by atoms with E-state index in [0.717, 1.165) is 12.8 Å². The van der Waals surface area contributed by atoms with E-state index in [1.165, 1.54) is 16.7 Å². The Hall–Kier alpha value is -0.860. The van der Waals surface area contributed by atoms with Crippen LogP contribution in [0.5, 0.6) is 0 Å². The van der Waals surface area contributed by atoms with Gasteiger partial charge in [-0.05, 0) is 31.4 Å². The van der Waals surface area contributed by atoms with Gasteiger partial charge < -0.3 is 10.5 Å². The van der Waals surface area contributed by atoms with Crippen molar-refractivity contribution in [1.29, 1.82) is 0 Å². The maximum atomic E-state index is 6.28. The third kappa shape index (κ3) is 3.06. The molecular weight excluding hydrogens is 198 g/mol. The van der Waals surface area contributed by atoms with Crippen molar-refractivity contribution >= 4 is 0 Å². The summed E-state index contributed by atoms with van der Waals surface area (Å²) < 4.78 is 5.48. The van der Waals surface area contributed by atoms with Crippen LogP contribution in [-0.2, 0) is 4.74 Å². The highest BCUT2D eigenvalue weighted by Gasteiger charge is 2.19. The van der Waals surface area contributed by atoms with Gasteiger partial charge in [0.1, 0.15) is 0 Å². The third-order valence-electron chi connectivity index (χ3n) is 3.07. The second-order valence-electron chi connectivity index (χ2n) is 4.45. The lowest BCUT2D eigenvalue weighted by Gasteiger charge is -2.24. The molecule has 2 atom stereocenters. The highest BCUT2D eigenvalue weighted by atomic mass is 16.5. The first kappa shape index (κ1) is 13.2. The summed E-state index contributed by atoms with van der Waals surface area (Å²) in [6, 6.07) is 6.39. The zero-order chi connectivity index (χ0) is 12.1. The fourth-order valence-corrected chi connectivity index (χ4v) is 2.05. The Morgan fingerprint density at radius 2 is 2.00 bits per heavy atom. The van der Waals surface area contributed by atoms with Gasteiger partial charge in [0, 0.05) is 7.11 Å². The Balaban J connectivity index is 2.93. The van der Waals surface area contributed by atoms with Crippen LogP contribution in [-0.4, -0.2) is 13.2 Å². The number of aryl methyl sites for hydroxylation is 2. The summed E-state index contributed by atoms with van der Waals surface area (Å²) in [5.41, 5.74) is 9.99. The molecule has 2 nitrogen and oxygen atoms in total. The quantitative estimate of drug-likeness (QED) is 0.829. The van der Waals surface area contributed by atoms with Gasteiger partial charge in [-0.25, -0.2) is 0 Å². The summed E-state index contributed by atoms with van der Waals surface area (Å²) >= 11 is 0. The topological polar surface area (TPSA) is 35.2 Å². The van der Waals surface area contributed by atoms with E-state index in [-0.39, 0.29) is 12.1 Å². The monoisotopic (exact) mass is 221 g/mol. The standard InChI is InChI=1S/C14H23NO/c1-5-6-13(16-4)14(15)12-9-10(2)7-8-11(12)3/h7-9,13-14H,5-6,15H2,1-4H3. The second kappa shape index (κ2) is 6.02. The largest absolute Gasteiger partial charge is 0.379 e. The Morgan fingerprint density at radius 1 is 1.31 bits per heavy atom. The fraction of sp³-hybridized carbons (Fsp3) is 0.571. The van der Waals surface area contributed by atoms with Crippen LogP contribution in [0.15, 0.2) is 18.2 Å². The molecule has 1 aromatic rings. The van der Waals surface area contributed by atoms with Gasteiger partial charge in [0.2, 0.25) is 0 Å². The number of hydrogen-bond donors (Lipinski definition) is 1. The average molecular weight is 221 g/mol. The highest BCUT2D eigenvalue weighted by molar-refractivity contribution is 5.33. The molecule has 0 aliphatic heterocycles. The predicted molar refractivity (Wildman–Crippen MR) is 68.5 cm³/mol. The molecule has 0 aliphatic rings. The van der Waals surface area contributed by atoms with Crippen LogP contribution < -0.4 is 5.73 Å². The lowest BCUT2D eigenvalue weighted by molar-refractivity contribution is 0.0723. The summed E-state index contributed by atoms with van der Waals surface area (Å²) in [5.74, 6) is 0. The SMILES string of the molecule is CCCC(OC)C(N)c1cc(C)ccc1C. The zero-order valence-electron chi connectivity index (χ0n) is 10.8. The summed E-state index contributed by atoms with van der Waals surface area (Å²) in [5, 5.41) is 0. The van der Waals surface area contributed by atoms with Gasteiger partial charge in [-0.15, -0.1) is 0 Å². The molecule has 0 fully saturated rings. The Bertz CT molecular complexity index is 336. The summed E-state index contributed by atoms with van der Waals surface area (Å²) in [7, 11) is 1.74. The number of ether oxygens (including phenoxy) is 1. The van der Waals surface area contributed by atoms with E-state index in [9.17, 15) is 0 Å². The Kier molecular flexibility index (Phi) is 4.97. The molecule has 0 saturated heterocycles. The third-order valence-corrected chi connectivity index (χ3v) is 3.07. The van der Waals surface area contributed by atoms with E-state index < -0.39 is 0 Å². The maximum absolute atomic E-state index is 6.28. The smallest absolute Gasteiger partial charge is 0.0763 e. The molecular formula is C14H23NO. The van der Waals surface area contributed by atoms with Gasteiger partial charge in [-0.1, -0.05) is 37.1 Å². The average Bonchev–Trinajstić information content (AvgIpc) is 2.28. The van der Waals surface area contributed by atoms with Crippen molar-refractivity contribution in [2.75, 3.05) is 7.11 Å². The van der Waals surface area contributed by atoms with Gasteiger partial charge in [-0.3, -0.25) is 0 Å². The Morgan fingerprint density at radius 3 is 2.56 bits per heavy atom. The van der Waals surface area contributed by atoms with E-state index in [4.69, 9.17) is 10.5 Å². The van der Waals surface area contributed by atoms with Gasteiger partial charge in [0.15, 0.2) is 0 Å². The van der Waals surface area contributed by atoms with Crippen molar-refractivity contribution in [2.45, 2.75) is 45.8 Å². The van der Waals surface area contributed by atoms with E-state index in [0.29, 0.717) is 0 Å². The Labute approximate surface area is 98.8 Å². The number of hydrogen-bond acceptors (Lipinski definition) is 2. The van der Waals surface area contributed by atoms with Crippen LogP contribution in [0.2, 0.25) is 0 Å². The first-order chi connectivity index (χ1) is 7.60. The minimum Gasteiger partial charge on any atom is -0.379 e. The molecule has 90 valence electrons. The number of nitrogens with two attached hydrogens (primary N) is 1. The molecule has 0 aliphatic carbocycles. The first-order valence-electron chi connectivity index (χ1n) is 5.95. The molecule has 0 saturated carbocycles. The molecule has 0 aromatic heterocycles. The minimum atomic E-state index is -0.0233. The van der Waals surface area contributed by atoms with Gasteiger partial charge in [-0.2, -0.15) is 0 Å². The molecule has 2 N–H and O–H groups in total. The normalized spacial score (nSPS) is 14.8. The van der Waals surface area contributed by atoms with Crippen LogP contribution in [0, 0.1) is 13.8 Å². The van der Waals surface area contributed by atoms with Crippen LogP contribution in [0.25, 0.3) is 0 Å². The summed E-state index contributed by atoms with van der Waals surface area (Å²) in [6.45, 7) is 6.35. The van der Waals surface area contributed by atoms with E-state index in [1.54, 1.807) is 7.11 Å². The molecule has 0 heterocycles. The summed E-state index contributed by atoms with van der Waals surface area (Å²) in [6.07, 6.45) is 2.22. The van der Waals surface area contributed by atoms with Crippen molar-refractivity contribution in [3.63, 3.8) is 0 Å². The molecule has 2 unspecified atom stereocenters. The summed E-state index contributed by atoms with van der Waals surface area (Å²) in [4.78, 5) is 0. The second-order valence-corrected chi connectivity index (χ2v) is 4.45. The van der Waals surface area contributed by atoms with Crippen LogP contribution in [0.4, 0.5) is 0 Å². The van der Waals surface area contributed by atoms with Crippen molar-refractivity contribution < 1.29 is 4.74 Å². The minimum absolute atomic E-state index is 0.0233. The molecule has 1 aromatic carbocycles. The fourth-order valence-electron chi connectivity index (χ4n) is 2.05. The number of rotatable bonds is 5. The molecule has 0 spiro atoms. The maximum Gasteiger partial charge on any atom is 0.0763 e. The first-order valence-corrected chi connectivity index (χ1v) is 5.95. The lowest BCUT2D eigenvalue weighted by atomic mass is 9.94. The van der Waals surface area contributed by atoms with Crippen LogP contribution in [0.3, 0.4) is 0 Å². The number of benzene rings is 1. The highest BCUT2D eigenvalue weighted by Crippen LogP contribution is 2.23. The van der Waals surface area contributed by atoms with Gasteiger partial charge in [0.05, 0.1) is 12.1 Å². The van der Waals surface area contributed by atoms with Crippen molar-refractivity contribution in [3.05, 3.63) is 34.9 Å². The molecule has 1 rings (SSSR count). The predicted octanol–water partition coefficient (Wildman–Crippen LogP) is 3.12. The molecule has 0 radical (unpaired) electrons. The van der Waals surface area contributed by atoms with E-state index >= 15 is 0 Å². The van der Waals surface area contributed by atoms with Crippen molar-refractivity contribution in [1.82, 2.24) is 0 Å². The van der Waals surface area contributed by atoms with E-state index in [2.05, 4.69) is 39.0 Å². The molecule has 16 heavy (non-hydrogen) atoms. The van der Waals surface area contributed by atoms with E-state index in [1.807, 2.05) is 0 Å². The molecule has 0 amide bonds. The van der Waals surface area contributed by atoms with Crippen molar-refractivity contribution in [2.24, 2.45) is 5.73 Å². The molecule has 0 bridgehead atoms. The lowest BCUT2D eigenvalue weighted by Crippen LogP contribution is -2.28. The zero-order valence-corrected chi connectivity index (χ0v) is 10.8. The van der Waals surface area contributed by atoms with Gasteiger partial charge >= 0.3 is 0 Å². The number of methoxy groups -OCH3 is 1. The van der Waals surface area contributed by atoms with Gasteiger partial charge in [0.25, 0.3) is 0 Å². The molecule has 2 heteroatoms. The van der Waals surface area contributed by atoms with Crippen LogP contribution in [0.1, 0.15) is 42.5 Å². The van der Waals surface area contributed by atoms with Crippen LogP contribution >= 0.6 is 0 Å². The van der Waals surface area contributed by atoms with Crippen molar-refractivity contribution in [3.8, 4) is 0 Å².